The van der Waals surface area contributed by atoms with Crippen LogP contribution in [-0.2, 0) is 21.5 Å². The van der Waals surface area contributed by atoms with E-state index in [0.29, 0.717) is 18.5 Å². The molecule has 0 spiro atoms. The molecule has 0 heterocycles. The van der Waals surface area contributed by atoms with Crippen LogP contribution in [0.2, 0.25) is 10.0 Å². The van der Waals surface area contributed by atoms with Gasteiger partial charge < -0.3 is 14.0 Å². The van der Waals surface area contributed by atoms with Crippen molar-refractivity contribution < 1.29 is 17.4 Å². The highest BCUT2D eigenvalue weighted by Gasteiger charge is 2.23. The minimum Gasteiger partial charge on any atom is -0.379 e. The van der Waals surface area contributed by atoms with Gasteiger partial charge in [-0.1, -0.05) is 57.0 Å². The summed E-state index contributed by atoms with van der Waals surface area (Å²) in [4.78, 5) is 16.8. The highest BCUT2D eigenvalue weighted by molar-refractivity contribution is 7.87. The van der Waals surface area contributed by atoms with Crippen molar-refractivity contribution in [2.75, 3.05) is 24.5 Å². The fraction of sp³-hybridized carbons (Fsp3) is 0.500. The molecular weight excluding hydrogens is 507 g/mol. The van der Waals surface area contributed by atoms with Crippen LogP contribution in [0.25, 0.3) is 0 Å². The number of amides is 1. The molecule has 0 unspecified atom stereocenters. The molecule has 2 aromatic carbocycles. The number of carbonyl (C=O) groups excluding carboxylic acids is 1. The SMILES string of the molecule is CCN(CC)c1ccc(CN(CC(C)C)C(=O)CC(C)C)c(OS(=O)(=O)c2ccc(Cl)c(Cl)c2)c1. The van der Waals surface area contributed by atoms with Gasteiger partial charge in [0.25, 0.3) is 0 Å². The van der Waals surface area contributed by atoms with Gasteiger partial charge in [0.15, 0.2) is 0 Å². The van der Waals surface area contributed by atoms with E-state index in [1.807, 2.05) is 53.7 Å². The highest BCUT2D eigenvalue weighted by atomic mass is 35.5. The first kappa shape index (κ1) is 29.3. The largest absolute Gasteiger partial charge is 0.379 e. The summed E-state index contributed by atoms with van der Waals surface area (Å²) >= 11 is 12.0. The minimum atomic E-state index is -4.19. The Labute approximate surface area is 220 Å². The molecule has 9 heteroatoms. The van der Waals surface area contributed by atoms with Crippen molar-refractivity contribution in [3.8, 4) is 5.75 Å². The van der Waals surface area contributed by atoms with Gasteiger partial charge in [0, 0.05) is 49.9 Å². The van der Waals surface area contributed by atoms with Crippen LogP contribution in [0.5, 0.6) is 5.75 Å². The number of benzene rings is 2. The average molecular weight is 544 g/mol. The molecule has 194 valence electrons. The Morgan fingerprint density at radius 3 is 2.14 bits per heavy atom. The van der Waals surface area contributed by atoms with E-state index in [1.54, 1.807) is 11.0 Å². The third kappa shape index (κ3) is 8.29. The van der Waals surface area contributed by atoms with Crippen molar-refractivity contribution in [2.45, 2.75) is 59.4 Å². The zero-order valence-electron chi connectivity index (χ0n) is 21.3. The number of rotatable bonds is 12. The smallest absolute Gasteiger partial charge is 0.339 e. The van der Waals surface area contributed by atoms with Crippen molar-refractivity contribution in [3.63, 3.8) is 0 Å². The number of anilines is 1. The molecular formula is C26H36Cl2N2O4S. The van der Waals surface area contributed by atoms with Crippen LogP contribution >= 0.6 is 23.2 Å². The van der Waals surface area contributed by atoms with Crippen molar-refractivity contribution in [3.05, 3.63) is 52.0 Å². The van der Waals surface area contributed by atoms with Gasteiger partial charge >= 0.3 is 10.1 Å². The van der Waals surface area contributed by atoms with Crippen LogP contribution in [0.3, 0.4) is 0 Å². The van der Waals surface area contributed by atoms with Gasteiger partial charge in [0.2, 0.25) is 5.91 Å². The Morgan fingerprint density at radius 1 is 0.943 bits per heavy atom. The summed E-state index contributed by atoms with van der Waals surface area (Å²) in [7, 11) is -4.19. The molecule has 0 saturated heterocycles. The lowest BCUT2D eigenvalue weighted by molar-refractivity contribution is -0.133. The summed E-state index contributed by atoms with van der Waals surface area (Å²) in [5.41, 5.74) is 1.45. The Morgan fingerprint density at radius 2 is 1.60 bits per heavy atom. The maximum absolute atomic E-state index is 13.2. The summed E-state index contributed by atoms with van der Waals surface area (Å²) in [6.45, 7) is 14.5. The van der Waals surface area contributed by atoms with Gasteiger partial charge in [-0.25, -0.2) is 0 Å². The molecule has 6 nitrogen and oxygen atoms in total. The molecule has 2 aromatic rings. The first-order chi connectivity index (χ1) is 16.4. The zero-order valence-corrected chi connectivity index (χ0v) is 23.7. The van der Waals surface area contributed by atoms with E-state index in [9.17, 15) is 13.2 Å². The number of hydrogen-bond donors (Lipinski definition) is 0. The Kier molecular flexibility index (Phi) is 10.7. The molecule has 0 aliphatic carbocycles. The Bertz CT molecular complexity index is 1120. The third-order valence-electron chi connectivity index (χ3n) is 5.44. The lowest BCUT2D eigenvalue weighted by Crippen LogP contribution is -2.34. The van der Waals surface area contributed by atoms with Gasteiger partial charge in [0.05, 0.1) is 10.0 Å². The zero-order chi connectivity index (χ0) is 26.3. The summed E-state index contributed by atoms with van der Waals surface area (Å²) < 4.78 is 32.0. The predicted octanol–water partition coefficient (Wildman–Crippen LogP) is 6.64. The van der Waals surface area contributed by atoms with Gasteiger partial charge in [-0.2, -0.15) is 8.42 Å². The van der Waals surface area contributed by atoms with E-state index in [2.05, 4.69) is 4.90 Å². The molecule has 0 radical (unpaired) electrons. The van der Waals surface area contributed by atoms with Crippen molar-refractivity contribution >= 4 is 44.9 Å². The Balaban J connectivity index is 2.52. The molecule has 0 N–H and O–H groups in total. The van der Waals surface area contributed by atoms with E-state index in [-0.39, 0.29) is 45.0 Å². The van der Waals surface area contributed by atoms with E-state index < -0.39 is 10.1 Å². The minimum absolute atomic E-state index is 0.0276. The number of hydrogen-bond acceptors (Lipinski definition) is 5. The molecule has 0 aliphatic rings. The van der Waals surface area contributed by atoms with Crippen LogP contribution < -0.4 is 9.08 Å². The molecule has 2 rings (SSSR count). The summed E-state index contributed by atoms with van der Waals surface area (Å²) in [6, 6.07) is 9.53. The van der Waals surface area contributed by atoms with Gasteiger partial charge in [-0.15, -0.1) is 0 Å². The van der Waals surface area contributed by atoms with Gasteiger partial charge in [-0.05, 0) is 49.9 Å². The van der Waals surface area contributed by atoms with E-state index in [0.717, 1.165) is 18.8 Å². The normalized spacial score (nSPS) is 11.7. The molecule has 1 amide bonds. The predicted molar refractivity (Wildman–Crippen MR) is 144 cm³/mol. The van der Waals surface area contributed by atoms with Gasteiger partial charge in [0.1, 0.15) is 10.6 Å². The lowest BCUT2D eigenvalue weighted by Gasteiger charge is -2.27. The van der Waals surface area contributed by atoms with Crippen molar-refractivity contribution in [1.29, 1.82) is 0 Å². The molecule has 35 heavy (non-hydrogen) atoms. The second kappa shape index (κ2) is 12.8. The molecule has 0 bridgehead atoms. The monoisotopic (exact) mass is 542 g/mol. The van der Waals surface area contributed by atoms with Crippen LogP contribution in [0.4, 0.5) is 5.69 Å². The maximum Gasteiger partial charge on any atom is 0.339 e. The quantitative estimate of drug-likeness (QED) is 0.281. The molecule has 0 fully saturated rings. The molecule has 0 aromatic heterocycles. The topological polar surface area (TPSA) is 66.9 Å². The van der Waals surface area contributed by atoms with Crippen LogP contribution in [0, 0.1) is 11.8 Å². The number of nitrogens with zero attached hydrogens (tertiary/aromatic N) is 2. The summed E-state index contributed by atoms with van der Waals surface area (Å²) in [5.74, 6) is 0.685. The highest BCUT2D eigenvalue weighted by Crippen LogP contribution is 2.32. The van der Waals surface area contributed by atoms with E-state index in [4.69, 9.17) is 27.4 Å². The fourth-order valence-corrected chi connectivity index (χ4v) is 5.06. The van der Waals surface area contributed by atoms with Crippen molar-refractivity contribution in [2.24, 2.45) is 11.8 Å². The Hall–Kier alpha value is -1.96. The first-order valence-electron chi connectivity index (χ1n) is 11.9. The average Bonchev–Trinajstić information content (AvgIpc) is 2.76. The van der Waals surface area contributed by atoms with Crippen LogP contribution in [0.1, 0.15) is 53.5 Å². The lowest BCUT2D eigenvalue weighted by atomic mass is 10.1. The van der Waals surface area contributed by atoms with E-state index >= 15 is 0 Å². The number of carbonyl (C=O) groups is 1. The van der Waals surface area contributed by atoms with Crippen molar-refractivity contribution in [1.82, 2.24) is 4.90 Å². The van der Waals surface area contributed by atoms with Crippen LogP contribution in [-0.4, -0.2) is 38.9 Å². The van der Waals surface area contributed by atoms with Crippen LogP contribution in [0.15, 0.2) is 41.3 Å². The molecule has 0 aliphatic heterocycles. The summed E-state index contributed by atoms with van der Waals surface area (Å²) in [5, 5.41) is 0.374. The number of halogens is 2. The maximum atomic E-state index is 13.2. The van der Waals surface area contributed by atoms with Gasteiger partial charge in [-0.3, -0.25) is 4.79 Å². The molecule has 0 saturated carbocycles. The second-order valence-corrected chi connectivity index (χ2v) is 11.7. The first-order valence-corrected chi connectivity index (χ1v) is 14.1. The molecule has 0 atom stereocenters. The summed E-state index contributed by atoms with van der Waals surface area (Å²) in [6.07, 6.45) is 0.419. The van der Waals surface area contributed by atoms with E-state index in [1.165, 1.54) is 18.2 Å². The fourth-order valence-electron chi connectivity index (χ4n) is 3.71. The standard InChI is InChI=1S/C26H36Cl2N2O4S/c1-7-29(8-2)21-10-9-20(17-30(16-19(5)6)26(31)13-18(3)4)25(14-21)34-35(32,33)22-11-12-23(27)24(28)15-22/h9-12,14-15,18-19H,7-8,13,16-17H2,1-6H3. The third-order valence-corrected chi connectivity index (χ3v) is 7.41. The second-order valence-electron chi connectivity index (χ2n) is 9.34.